The van der Waals surface area contributed by atoms with E-state index in [9.17, 15) is 14.7 Å². The number of methoxy groups -OCH3 is 2. The van der Waals surface area contributed by atoms with Crippen LogP contribution in [0.5, 0.6) is 11.5 Å². The maximum atomic E-state index is 12.1. The Morgan fingerprint density at radius 3 is 2.00 bits per heavy atom. The third-order valence-electron chi connectivity index (χ3n) is 3.07. The Bertz CT molecular complexity index is 672. The van der Waals surface area contributed by atoms with Crippen molar-refractivity contribution in [2.45, 2.75) is 6.92 Å². The minimum atomic E-state index is -0.894. The summed E-state index contributed by atoms with van der Waals surface area (Å²) < 4.78 is 10.2. The summed E-state index contributed by atoms with van der Waals surface area (Å²) in [4.78, 5) is 24.0. The number of aliphatic hydroxyl groups excluding tert-OH is 1. The van der Waals surface area contributed by atoms with Gasteiger partial charge in [-0.05, 0) is 19.1 Å². The third-order valence-corrected chi connectivity index (χ3v) is 3.07. The number of hydrogen-bond acceptors (Lipinski definition) is 6. The van der Waals surface area contributed by atoms with Crippen LogP contribution in [0.1, 0.15) is 22.8 Å². The first kappa shape index (κ1) is 13.8. The van der Waals surface area contributed by atoms with Crippen molar-refractivity contribution in [2.75, 3.05) is 14.2 Å². The van der Waals surface area contributed by atoms with Crippen LogP contribution in [-0.4, -0.2) is 36.6 Å². The van der Waals surface area contributed by atoms with Gasteiger partial charge in [-0.3, -0.25) is 9.59 Å². The molecule has 0 aromatic heterocycles. The van der Waals surface area contributed by atoms with E-state index in [-0.39, 0.29) is 28.2 Å². The lowest BCUT2D eigenvalue weighted by Gasteiger charge is -2.19. The smallest absolute Gasteiger partial charge is 0.239 e. The van der Waals surface area contributed by atoms with Crippen LogP contribution in [0.4, 0.5) is 0 Å². The molecule has 0 heterocycles. The first-order chi connectivity index (χ1) is 9.42. The molecule has 0 atom stereocenters. The van der Waals surface area contributed by atoms with Crippen LogP contribution in [0.15, 0.2) is 17.7 Å². The molecule has 1 aromatic rings. The molecule has 1 aromatic carbocycles. The van der Waals surface area contributed by atoms with Gasteiger partial charge in [-0.1, -0.05) is 0 Å². The lowest BCUT2D eigenvalue weighted by atomic mass is 9.86. The van der Waals surface area contributed by atoms with E-state index in [2.05, 4.69) is 0 Å². The van der Waals surface area contributed by atoms with Crippen LogP contribution in [0.25, 0.3) is 5.76 Å². The van der Waals surface area contributed by atoms with Crippen molar-refractivity contribution in [3.05, 3.63) is 28.8 Å². The van der Waals surface area contributed by atoms with Crippen molar-refractivity contribution >= 4 is 23.0 Å². The Hall–Kier alpha value is -2.63. The van der Waals surface area contributed by atoms with E-state index in [0.29, 0.717) is 5.75 Å². The second kappa shape index (κ2) is 4.80. The SMILES string of the molecule is COc1cc2c(cc1OC)C(O)=C(C(C)=N)C(=O)C2=O. The molecule has 6 nitrogen and oxygen atoms in total. The van der Waals surface area contributed by atoms with E-state index in [1.807, 2.05) is 0 Å². The second-order valence-electron chi connectivity index (χ2n) is 4.26. The molecule has 0 spiro atoms. The van der Waals surface area contributed by atoms with Crippen molar-refractivity contribution in [3.8, 4) is 11.5 Å². The summed E-state index contributed by atoms with van der Waals surface area (Å²) in [7, 11) is 2.83. The predicted molar refractivity (Wildman–Crippen MR) is 71.8 cm³/mol. The summed E-state index contributed by atoms with van der Waals surface area (Å²) in [5, 5.41) is 17.6. The number of ether oxygens (including phenoxy) is 2. The minimum Gasteiger partial charge on any atom is -0.506 e. The number of allylic oxidation sites excluding steroid dienone is 1. The summed E-state index contributed by atoms with van der Waals surface area (Å²) in [6.07, 6.45) is 0. The predicted octanol–water partition coefficient (Wildman–Crippen LogP) is 1.78. The molecule has 20 heavy (non-hydrogen) atoms. The summed E-state index contributed by atoms with van der Waals surface area (Å²) >= 11 is 0. The molecule has 0 unspecified atom stereocenters. The van der Waals surface area contributed by atoms with Gasteiger partial charge in [-0.15, -0.1) is 0 Å². The molecule has 2 rings (SSSR count). The fourth-order valence-electron chi connectivity index (χ4n) is 2.09. The topological polar surface area (TPSA) is 96.7 Å². The van der Waals surface area contributed by atoms with Gasteiger partial charge in [0.1, 0.15) is 5.76 Å². The standard InChI is InChI=1S/C14H13NO5/c1-6(15)11-12(16)7-4-9(19-2)10(20-3)5-8(7)13(17)14(11)18/h4-5,15-16H,1-3H3. The molecule has 0 aliphatic heterocycles. The van der Waals surface area contributed by atoms with Crippen LogP contribution in [0, 0.1) is 5.41 Å². The Balaban J connectivity index is 2.80. The zero-order chi connectivity index (χ0) is 15.0. The first-order valence-electron chi connectivity index (χ1n) is 5.76. The van der Waals surface area contributed by atoms with Crippen molar-refractivity contribution in [1.29, 1.82) is 5.41 Å². The molecule has 0 bridgehead atoms. The highest BCUT2D eigenvalue weighted by Crippen LogP contribution is 2.37. The van der Waals surface area contributed by atoms with E-state index in [1.54, 1.807) is 0 Å². The van der Waals surface area contributed by atoms with Gasteiger partial charge in [-0.25, -0.2) is 0 Å². The largest absolute Gasteiger partial charge is 0.506 e. The lowest BCUT2D eigenvalue weighted by molar-refractivity contribution is -0.111. The van der Waals surface area contributed by atoms with Gasteiger partial charge >= 0.3 is 0 Å². The molecular formula is C14H13NO5. The van der Waals surface area contributed by atoms with Gasteiger partial charge in [0.15, 0.2) is 11.5 Å². The molecule has 0 radical (unpaired) electrons. The highest BCUT2D eigenvalue weighted by Gasteiger charge is 2.35. The van der Waals surface area contributed by atoms with Gasteiger partial charge < -0.3 is 20.0 Å². The Kier molecular flexibility index (Phi) is 3.31. The number of hydrogen-bond donors (Lipinski definition) is 2. The van der Waals surface area contributed by atoms with Crippen molar-refractivity contribution in [2.24, 2.45) is 0 Å². The molecule has 6 heteroatoms. The minimum absolute atomic E-state index is 0.0372. The highest BCUT2D eigenvalue weighted by atomic mass is 16.5. The van der Waals surface area contributed by atoms with Crippen LogP contribution in [0.2, 0.25) is 0 Å². The van der Waals surface area contributed by atoms with Gasteiger partial charge in [0.25, 0.3) is 0 Å². The van der Waals surface area contributed by atoms with Crippen LogP contribution < -0.4 is 9.47 Å². The van der Waals surface area contributed by atoms with Gasteiger partial charge in [0.2, 0.25) is 11.6 Å². The summed E-state index contributed by atoms with van der Waals surface area (Å²) in [6.45, 7) is 1.34. The lowest BCUT2D eigenvalue weighted by Crippen LogP contribution is -2.27. The van der Waals surface area contributed by atoms with E-state index in [1.165, 1.54) is 33.3 Å². The number of ketones is 2. The molecule has 0 fully saturated rings. The second-order valence-corrected chi connectivity index (χ2v) is 4.26. The molecule has 0 amide bonds. The van der Waals surface area contributed by atoms with E-state index < -0.39 is 17.3 Å². The molecule has 2 N–H and O–H groups in total. The number of benzene rings is 1. The Morgan fingerprint density at radius 1 is 1.05 bits per heavy atom. The Morgan fingerprint density at radius 2 is 1.55 bits per heavy atom. The summed E-state index contributed by atoms with van der Waals surface area (Å²) in [6, 6.07) is 2.76. The molecule has 1 aliphatic carbocycles. The Labute approximate surface area is 115 Å². The van der Waals surface area contributed by atoms with Gasteiger partial charge in [-0.2, -0.15) is 0 Å². The first-order valence-corrected chi connectivity index (χ1v) is 5.76. The average molecular weight is 275 g/mol. The number of carbonyl (C=O) groups excluding carboxylic acids is 2. The number of aliphatic hydroxyl groups is 1. The van der Waals surface area contributed by atoms with E-state index in [4.69, 9.17) is 14.9 Å². The zero-order valence-electron chi connectivity index (χ0n) is 11.2. The molecule has 0 saturated carbocycles. The van der Waals surface area contributed by atoms with E-state index >= 15 is 0 Å². The number of Topliss-reactive ketones (excluding diaryl/α,β-unsaturated/α-hetero) is 2. The quantitative estimate of drug-likeness (QED) is 0.647. The number of fused-ring (bicyclic) bond motifs is 1. The zero-order valence-corrected chi connectivity index (χ0v) is 11.2. The number of nitrogens with one attached hydrogen (secondary N) is 1. The van der Waals surface area contributed by atoms with Gasteiger partial charge in [0.05, 0.1) is 19.8 Å². The maximum absolute atomic E-state index is 12.1. The molecule has 104 valence electrons. The fourth-order valence-corrected chi connectivity index (χ4v) is 2.09. The van der Waals surface area contributed by atoms with Crippen LogP contribution >= 0.6 is 0 Å². The van der Waals surface area contributed by atoms with Crippen molar-refractivity contribution in [1.82, 2.24) is 0 Å². The average Bonchev–Trinajstić information content (AvgIpc) is 2.43. The molecular weight excluding hydrogens is 262 g/mol. The van der Waals surface area contributed by atoms with Crippen LogP contribution in [-0.2, 0) is 4.79 Å². The van der Waals surface area contributed by atoms with Gasteiger partial charge in [0, 0.05) is 16.8 Å². The highest BCUT2D eigenvalue weighted by molar-refractivity contribution is 6.57. The molecule has 0 saturated heterocycles. The summed E-state index contributed by atoms with van der Waals surface area (Å²) in [5.41, 5.74) is -0.250. The number of carbonyl (C=O) groups is 2. The molecule has 1 aliphatic rings. The maximum Gasteiger partial charge on any atom is 0.239 e. The third kappa shape index (κ3) is 1.85. The van der Waals surface area contributed by atoms with Crippen molar-refractivity contribution in [3.63, 3.8) is 0 Å². The van der Waals surface area contributed by atoms with Crippen LogP contribution in [0.3, 0.4) is 0 Å². The van der Waals surface area contributed by atoms with E-state index in [0.717, 1.165) is 0 Å². The normalized spacial score (nSPS) is 14.2. The summed E-state index contributed by atoms with van der Waals surface area (Å²) in [5.74, 6) is -1.45. The monoisotopic (exact) mass is 275 g/mol. The van der Waals surface area contributed by atoms with Crippen molar-refractivity contribution < 1.29 is 24.2 Å². The number of rotatable bonds is 3. The fraction of sp³-hybridized carbons (Fsp3) is 0.214.